The number of benzene rings is 2. The first-order valence-electron chi connectivity index (χ1n) is 6.80. The molecule has 0 spiro atoms. The number of rotatable bonds is 4. The second kappa shape index (κ2) is 7.02. The highest BCUT2D eigenvalue weighted by molar-refractivity contribution is 5.80. The molecule has 0 bridgehead atoms. The summed E-state index contributed by atoms with van der Waals surface area (Å²) in [4.78, 5) is 9.90. The normalized spacial score (nSPS) is 12.4. The number of nitrogens with one attached hydrogen (secondary N) is 1. The van der Waals surface area contributed by atoms with Crippen LogP contribution in [0, 0.1) is 10.1 Å². The highest BCUT2D eigenvalue weighted by Gasteiger charge is 2.33. The first-order valence-corrected chi connectivity index (χ1v) is 6.80. The van der Waals surface area contributed by atoms with Gasteiger partial charge in [0.1, 0.15) is 5.69 Å². The van der Waals surface area contributed by atoms with E-state index in [0.29, 0.717) is 12.1 Å². The Morgan fingerprint density at radius 2 is 1.46 bits per heavy atom. The topological polar surface area (TPSA) is 67.5 Å². The monoisotopic (exact) mass is 377 g/mol. The van der Waals surface area contributed by atoms with Gasteiger partial charge in [0.15, 0.2) is 0 Å². The summed E-state index contributed by atoms with van der Waals surface area (Å²) < 4.78 is 75.1. The molecule has 0 aliphatic heterocycles. The highest BCUT2D eigenvalue weighted by Crippen LogP contribution is 2.35. The molecule has 1 N–H and O–H groups in total. The van der Waals surface area contributed by atoms with Crippen molar-refractivity contribution in [1.29, 1.82) is 0 Å². The third-order valence-corrected chi connectivity index (χ3v) is 3.16. The van der Waals surface area contributed by atoms with Crippen LogP contribution in [0.1, 0.15) is 16.7 Å². The summed E-state index contributed by atoms with van der Waals surface area (Å²) in [6, 6.07) is 5.72. The summed E-state index contributed by atoms with van der Waals surface area (Å²) >= 11 is 0. The molecule has 0 aliphatic carbocycles. The Morgan fingerprint density at radius 3 is 1.96 bits per heavy atom. The van der Waals surface area contributed by atoms with Crippen LogP contribution in [0.5, 0.6) is 0 Å². The molecule has 2 aromatic rings. The second-order valence-electron chi connectivity index (χ2n) is 4.98. The van der Waals surface area contributed by atoms with E-state index in [1.54, 1.807) is 0 Å². The van der Waals surface area contributed by atoms with Crippen LogP contribution < -0.4 is 5.43 Å². The third kappa shape index (κ3) is 4.71. The fraction of sp³-hybridized carbons (Fsp3) is 0.133. The first-order chi connectivity index (χ1) is 12.0. The summed E-state index contributed by atoms with van der Waals surface area (Å²) in [5.41, 5.74) is -0.741. The predicted octanol–water partition coefficient (Wildman–Crippen LogP) is 5.08. The molecule has 0 saturated heterocycles. The van der Waals surface area contributed by atoms with Gasteiger partial charge in [-0.1, -0.05) is 12.1 Å². The molecule has 2 aromatic carbocycles. The lowest BCUT2D eigenvalue weighted by molar-refractivity contribution is -0.384. The number of nitro benzene ring substituents is 1. The quantitative estimate of drug-likeness (QED) is 0.350. The number of hydrogen-bond donors (Lipinski definition) is 1. The number of hydrazone groups is 1. The molecule has 0 heterocycles. The molecule has 0 amide bonds. The van der Waals surface area contributed by atoms with Crippen molar-refractivity contribution in [3.05, 3.63) is 69.3 Å². The number of alkyl halides is 6. The Kier molecular flexibility index (Phi) is 5.19. The zero-order valence-corrected chi connectivity index (χ0v) is 12.6. The molecule has 11 heteroatoms. The van der Waals surface area contributed by atoms with Gasteiger partial charge in [-0.2, -0.15) is 31.4 Å². The Morgan fingerprint density at radius 1 is 0.923 bits per heavy atom. The van der Waals surface area contributed by atoms with Gasteiger partial charge in [-0.25, -0.2) is 0 Å². The summed E-state index contributed by atoms with van der Waals surface area (Å²) in [5.74, 6) is 0. The van der Waals surface area contributed by atoms with Crippen molar-refractivity contribution in [2.45, 2.75) is 12.4 Å². The molecule has 0 atom stereocenters. The molecule has 0 fully saturated rings. The molecular weight excluding hydrogens is 368 g/mol. The van der Waals surface area contributed by atoms with Crippen LogP contribution in [0.3, 0.4) is 0 Å². The smallest absolute Gasteiger partial charge is 0.272 e. The maximum Gasteiger partial charge on any atom is 0.416 e. The fourth-order valence-corrected chi connectivity index (χ4v) is 1.89. The van der Waals surface area contributed by atoms with Crippen molar-refractivity contribution in [1.82, 2.24) is 0 Å². The minimum absolute atomic E-state index is 0.250. The standard InChI is InChI=1S/C15H9F6N3O2/c16-14(17,18)10-3-1-9(2-4-10)8-22-23-12-6-5-11(15(19,20)21)7-13(12)24(25)26/h1-8,23H/b22-8-. The predicted molar refractivity (Wildman–Crippen MR) is 80.8 cm³/mol. The first kappa shape index (κ1) is 19.2. The average Bonchev–Trinajstić information content (AvgIpc) is 2.53. The van der Waals surface area contributed by atoms with Crippen LogP contribution in [0.25, 0.3) is 0 Å². The van der Waals surface area contributed by atoms with Crippen LogP contribution >= 0.6 is 0 Å². The number of nitrogens with zero attached hydrogens (tertiary/aromatic N) is 2. The van der Waals surface area contributed by atoms with Crippen LogP contribution in [-0.4, -0.2) is 11.1 Å². The molecule has 5 nitrogen and oxygen atoms in total. The Balaban J connectivity index is 2.18. The zero-order chi connectivity index (χ0) is 19.5. The van der Waals surface area contributed by atoms with Gasteiger partial charge in [0.05, 0.1) is 22.3 Å². The average molecular weight is 377 g/mol. The second-order valence-corrected chi connectivity index (χ2v) is 4.98. The van der Waals surface area contributed by atoms with Gasteiger partial charge < -0.3 is 0 Å². The van der Waals surface area contributed by atoms with Gasteiger partial charge in [0, 0.05) is 6.07 Å². The van der Waals surface area contributed by atoms with Crippen molar-refractivity contribution in [3.63, 3.8) is 0 Å². The Hall–Kier alpha value is -3.11. The van der Waals surface area contributed by atoms with Crippen LogP contribution in [-0.2, 0) is 12.4 Å². The van der Waals surface area contributed by atoms with Crippen molar-refractivity contribution in [2.24, 2.45) is 5.10 Å². The molecule has 0 aliphatic rings. The molecular formula is C15H9F6N3O2. The number of nitro groups is 1. The lowest BCUT2D eigenvalue weighted by Crippen LogP contribution is -2.06. The van der Waals surface area contributed by atoms with E-state index in [9.17, 15) is 36.5 Å². The summed E-state index contributed by atoms with van der Waals surface area (Å²) in [6.45, 7) is 0. The molecule has 2 rings (SSSR count). The molecule has 138 valence electrons. The van der Waals surface area contributed by atoms with Crippen LogP contribution in [0.4, 0.5) is 37.7 Å². The van der Waals surface area contributed by atoms with E-state index < -0.39 is 34.1 Å². The van der Waals surface area contributed by atoms with Crippen LogP contribution in [0.15, 0.2) is 47.6 Å². The minimum atomic E-state index is -4.74. The minimum Gasteiger partial charge on any atom is -0.272 e. The number of halogens is 6. The van der Waals surface area contributed by atoms with Gasteiger partial charge in [-0.15, -0.1) is 0 Å². The fourth-order valence-electron chi connectivity index (χ4n) is 1.89. The van der Waals surface area contributed by atoms with Crippen molar-refractivity contribution in [2.75, 3.05) is 5.43 Å². The van der Waals surface area contributed by atoms with Gasteiger partial charge >= 0.3 is 12.4 Å². The molecule has 0 saturated carbocycles. The lowest BCUT2D eigenvalue weighted by atomic mass is 10.1. The van der Waals surface area contributed by atoms with Gasteiger partial charge in [0.25, 0.3) is 5.69 Å². The van der Waals surface area contributed by atoms with Gasteiger partial charge in [-0.3, -0.25) is 15.5 Å². The van der Waals surface area contributed by atoms with Crippen molar-refractivity contribution < 1.29 is 31.3 Å². The van der Waals surface area contributed by atoms with E-state index in [1.165, 1.54) is 0 Å². The molecule has 0 unspecified atom stereocenters. The van der Waals surface area contributed by atoms with Gasteiger partial charge in [-0.05, 0) is 29.8 Å². The summed E-state index contributed by atoms with van der Waals surface area (Å²) in [7, 11) is 0. The number of hydrogen-bond acceptors (Lipinski definition) is 4. The lowest BCUT2D eigenvalue weighted by Gasteiger charge is -2.08. The summed E-state index contributed by atoms with van der Waals surface area (Å²) in [6.07, 6.45) is -8.16. The van der Waals surface area contributed by atoms with Gasteiger partial charge in [0.2, 0.25) is 0 Å². The maximum absolute atomic E-state index is 12.6. The van der Waals surface area contributed by atoms with E-state index >= 15 is 0 Å². The summed E-state index contributed by atoms with van der Waals surface area (Å²) in [5, 5.41) is 14.5. The Bertz CT molecular complexity index is 829. The molecule has 26 heavy (non-hydrogen) atoms. The van der Waals surface area contributed by atoms with E-state index in [4.69, 9.17) is 0 Å². The van der Waals surface area contributed by atoms with Crippen molar-refractivity contribution >= 4 is 17.6 Å². The van der Waals surface area contributed by atoms with Crippen molar-refractivity contribution in [3.8, 4) is 0 Å². The number of anilines is 1. The molecule has 0 radical (unpaired) electrons. The largest absolute Gasteiger partial charge is 0.416 e. The molecule has 0 aromatic heterocycles. The van der Waals surface area contributed by atoms with E-state index in [-0.39, 0.29) is 11.3 Å². The Labute approximate surface area is 142 Å². The van der Waals surface area contributed by atoms with E-state index in [0.717, 1.165) is 36.5 Å². The third-order valence-electron chi connectivity index (χ3n) is 3.16. The SMILES string of the molecule is O=[N+]([O-])c1cc(C(F)(F)F)ccc1N/N=C\c1ccc(C(F)(F)F)cc1. The van der Waals surface area contributed by atoms with E-state index in [1.807, 2.05) is 0 Å². The zero-order valence-electron chi connectivity index (χ0n) is 12.6. The van der Waals surface area contributed by atoms with E-state index in [2.05, 4.69) is 10.5 Å². The highest BCUT2D eigenvalue weighted by atomic mass is 19.4. The van der Waals surface area contributed by atoms with Crippen LogP contribution in [0.2, 0.25) is 0 Å². The maximum atomic E-state index is 12.6.